The third kappa shape index (κ3) is 5.21. The maximum Gasteiger partial charge on any atom is 0.357 e. The van der Waals surface area contributed by atoms with Gasteiger partial charge in [0.1, 0.15) is 0 Å². The quantitative estimate of drug-likeness (QED) is 0.472. The van der Waals surface area contributed by atoms with Gasteiger partial charge in [0.25, 0.3) is 5.91 Å². The molecule has 0 saturated carbocycles. The number of nitrogens with zero attached hydrogens (tertiary/aromatic N) is 2. The first-order chi connectivity index (χ1) is 14.8. The number of nitrogens with one attached hydrogen (secondary N) is 1. The lowest BCUT2D eigenvalue weighted by Crippen LogP contribution is -2.35. The Morgan fingerprint density at radius 3 is 1.65 bits per heavy atom. The number of benzene rings is 2. The van der Waals surface area contributed by atoms with E-state index < -0.39 is 17.6 Å². The van der Waals surface area contributed by atoms with Crippen LogP contribution in [0, 0.1) is 0 Å². The standard InChI is InChI=1S/C23H21Cl2N3O3/c1-3-17(4-2)26-22(29)20-21(23(30)31)28-19(14-7-11-16(25)12-8-14)18(27-20)13-5-9-15(24)10-6-13/h5-12,17H,3-4H2,1-2H3,(H,26,29)(H,30,31). The van der Waals surface area contributed by atoms with Gasteiger partial charge in [-0.25, -0.2) is 14.8 Å². The van der Waals surface area contributed by atoms with Crippen LogP contribution in [0.4, 0.5) is 0 Å². The molecule has 0 radical (unpaired) electrons. The van der Waals surface area contributed by atoms with E-state index in [1.54, 1.807) is 48.5 Å². The molecule has 0 aliphatic carbocycles. The molecule has 3 rings (SSSR count). The van der Waals surface area contributed by atoms with Crippen LogP contribution < -0.4 is 5.32 Å². The number of amides is 1. The lowest BCUT2D eigenvalue weighted by molar-refractivity contribution is 0.0682. The highest BCUT2D eigenvalue weighted by Gasteiger charge is 2.26. The number of hydrogen-bond donors (Lipinski definition) is 2. The summed E-state index contributed by atoms with van der Waals surface area (Å²) < 4.78 is 0. The van der Waals surface area contributed by atoms with E-state index in [0.717, 1.165) is 0 Å². The van der Waals surface area contributed by atoms with Gasteiger partial charge < -0.3 is 10.4 Å². The Labute approximate surface area is 190 Å². The van der Waals surface area contributed by atoms with Crippen LogP contribution in [-0.4, -0.2) is 33.0 Å². The summed E-state index contributed by atoms with van der Waals surface area (Å²) in [6, 6.07) is 13.6. The van der Waals surface area contributed by atoms with Gasteiger partial charge in [-0.05, 0) is 37.1 Å². The van der Waals surface area contributed by atoms with E-state index in [-0.39, 0.29) is 11.7 Å². The first-order valence-electron chi connectivity index (χ1n) is 9.82. The van der Waals surface area contributed by atoms with Crippen molar-refractivity contribution in [2.45, 2.75) is 32.7 Å². The van der Waals surface area contributed by atoms with Gasteiger partial charge in [0.05, 0.1) is 11.4 Å². The van der Waals surface area contributed by atoms with Crippen LogP contribution in [0.5, 0.6) is 0 Å². The molecule has 2 N–H and O–H groups in total. The monoisotopic (exact) mass is 457 g/mol. The maximum atomic E-state index is 12.9. The topological polar surface area (TPSA) is 92.2 Å². The van der Waals surface area contributed by atoms with Crippen molar-refractivity contribution in [3.63, 3.8) is 0 Å². The number of carboxylic acid groups (broad SMARTS) is 1. The Kier molecular flexibility index (Phi) is 7.25. The summed E-state index contributed by atoms with van der Waals surface area (Å²) in [6.07, 6.45) is 1.43. The highest BCUT2D eigenvalue weighted by atomic mass is 35.5. The number of aromatic nitrogens is 2. The largest absolute Gasteiger partial charge is 0.476 e. The molecule has 8 heteroatoms. The Morgan fingerprint density at radius 2 is 1.26 bits per heavy atom. The summed E-state index contributed by atoms with van der Waals surface area (Å²) in [5, 5.41) is 13.7. The Balaban J connectivity index is 2.24. The smallest absolute Gasteiger partial charge is 0.357 e. The van der Waals surface area contributed by atoms with Crippen molar-refractivity contribution in [3.05, 3.63) is 70.0 Å². The highest BCUT2D eigenvalue weighted by Crippen LogP contribution is 2.31. The number of carbonyl (C=O) groups excluding carboxylic acids is 1. The third-order valence-electron chi connectivity index (χ3n) is 4.87. The van der Waals surface area contributed by atoms with Crippen LogP contribution in [0.3, 0.4) is 0 Å². The van der Waals surface area contributed by atoms with Crippen LogP contribution in [0.1, 0.15) is 47.7 Å². The second-order valence-electron chi connectivity index (χ2n) is 6.92. The van der Waals surface area contributed by atoms with Crippen molar-refractivity contribution in [2.24, 2.45) is 0 Å². The van der Waals surface area contributed by atoms with Gasteiger partial charge in [0.15, 0.2) is 11.4 Å². The molecule has 0 unspecified atom stereocenters. The van der Waals surface area contributed by atoms with E-state index in [0.29, 0.717) is 45.4 Å². The number of halogens is 2. The van der Waals surface area contributed by atoms with Gasteiger partial charge in [-0.15, -0.1) is 0 Å². The minimum absolute atomic E-state index is 0.0918. The predicted octanol–water partition coefficient (Wildman–Crippen LogP) is 5.73. The van der Waals surface area contributed by atoms with Gasteiger partial charge >= 0.3 is 5.97 Å². The molecular weight excluding hydrogens is 437 g/mol. The van der Waals surface area contributed by atoms with Crippen molar-refractivity contribution in [3.8, 4) is 22.5 Å². The summed E-state index contributed by atoms with van der Waals surface area (Å²) in [6.45, 7) is 3.89. The summed E-state index contributed by atoms with van der Waals surface area (Å²) in [5.41, 5.74) is 1.33. The number of aromatic carboxylic acids is 1. The average Bonchev–Trinajstić information content (AvgIpc) is 2.77. The maximum absolute atomic E-state index is 12.9. The van der Waals surface area contributed by atoms with Gasteiger partial charge in [-0.1, -0.05) is 61.3 Å². The first kappa shape index (κ1) is 22.7. The lowest BCUT2D eigenvalue weighted by atomic mass is 10.0. The Morgan fingerprint density at radius 1 is 0.839 bits per heavy atom. The fourth-order valence-electron chi connectivity index (χ4n) is 3.11. The van der Waals surface area contributed by atoms with E-state index in [9.17, 15) is 14.7 Å². The molecule has 2 aromatic carbocycles. The predicted molar refractivity (Wildman–Crippen MR) is 122 cm³/mol. The highest BCUT2D eigenvalue weighted by molar-refractivity contribution is 6.31. The number of hydrogen-bond acceptors (Lipinski definition) is 4. The van der Waals surface area contributed by atoms with Gasteiger partial charge in [-0.2, -0.15) is 0 Å². The fraction of sp³-hybridized carbons (Fsp3) is 0.217. The van der Waals surface area contributed by atoms with Crippen LogP contribution >= 0.6 is 23.2 Å². The molecule has 0 saturated heterocycles. The van der Waals surface area contributed by atoms with E-state index in [1.165, 1.54) is 0 Å². The zero-order valence-electron chi connectivity index (χ0n) is 17.0. The second-order valence-corrected chi connectivity index (χ2v) is 7.80. The van der Waals surface area contributed by atoms with Crippen molar-refractivity contribution >= 4 is 35.1 Å². The second kappa shape index (κ2) is 9.90. The van der Waals surface area contributed by atoms with Gasteiger partial charge in [0, 0.05) is 27.2 Å². The van der Waals surface area contributed by atoms with Gasteiger partial charge in [0.2, 0.25) is 0 Å². The molecule has 0 aliphatic rings. The number of carboxylic acids is 1. The normalized spacial score (nSPS) is 10.9. The molecule has 0 fully saturated rings. The zero-order chi connectivity index (χ0) is 22.5. The van der Waals surface area contributed by atoms with E-state index in [4.69, 9.17) is 23.2 Å². The van der Waals surface area contributed by atoms with E-state index in [1.807, 2.05) is 13.8 Å². The molecule has 3 aromatic rings. The molecule has 1 amide bonds. The SMILES string of the molecule is CCC(CC)NC(=O)c1nc(-c2ccc(Cl)cc2)c(-c2ccc(Cl)cc2)nc1C(=O)O. The molecule has 0 bridgehead atoms. The minimum Gasteiger partial charge on any atom is -0.476 e. The third-order valence-corrected chi connectivity index (χ3v) is 5.37. The van der Waals surface area contributed by atoms with E-state index in [2.05, 4.69) is 15.3 Å². The van der Waals surface area contributed by atoms with E-state index >= 15 is 0 Å². The van der Waals surface area contributed by atoms with Crippen molar-refractivity contribution < 1.29 is 14.7 Å². The van der Waals surface area contributed by atoms with Crippen molar-refractivity contribution in [2.75, 3.05) is 0 Å². The molecule has 6 nitrogen and oxygen atoms in total. The molecule has 160 valence electrons. The summed E-state index contributed by atoms with van der Waals surface area (Å²) in [7, 11) is 0. The molecule has 0 spiro atoms. The molecule has 1 heterocycles. The summed E-state index contributed by atoms with van der Waals surface area (Å²) in [4.78, 5) is 33.7. The van der Waals surface area contributed by atoms with Crippen molar-refractivity contribution in [1.29, 1.82) is 0 Å². The lowest BCUT2D eigenvalue weighted by Gasteiger charge is -2.17. The Bertz CT molecular complexity index is 1100. The average molecular weight is 458 g/mol. The van der Waals surface area contributed by atoms with Crippen LogP contribution in [-0.2, 0) is 0 Å². The first-order valence-corrected chi connectivity index (χ1v) is 10.6. The minimum atomic E-state index is -1.33. The molecular formula is C23H21Cl2N3O3. The fourth-order valence-corrected chi connectivity index (χ4v) is 3.36. The van der Waals surface area contributed by atoms with Crippen LogP contribution in [0.25, 0.3) is 22.5 Å². The van der Waals surface area contributed by atoms with Crippen LogP contribution in [0.2, 0.25) is 10.0 Å². The van der Waals surface area contributed by atoms with Crippen LogP contribution in [0.15, 0.2) is 48.5 Å². The Hall–Kier alpha value is -2.96. The molecule has 0 atom stereocenters. The number of rotatable bonds is 7. The summed E-state index contributed by atoms with van der Waals surface area (Å²) >= 11 is 12.0. The van der Waals surface area contributed by atoms with Gasteiger partial charge in [-0.3, -0.25) is 4.79 Å². The zero-order valence-corrected chi connectivity index (χ0v) is 18.5. The molecule has 31 heavy (non-hydrogen) atoms. The van der Waals surface area contributed by atoms with Crippen molar-refractivity contribution in [1.82, 2.24) is 15.3 Å². The summed E-state index contributed by atoms with van der Waals surface area (Å²) in [5.74, 6) is -1.91. The molecule has 0 aliphatic heterocycles. The molecule has 1 aromatic heterocycles. The number of carbonyl (C=O) groups is 2.